The summed E-state index contributed by atoms with van der Waals surface area (Å²) in [6.45, 7) is 16.1. The van der Waals surface area contributed by atoms with E-state index in [1.54, 1.807) is 0 Å². The fourth-order valence-electron chi connectivity index (χ4n) is 14.2. The van der Waals surface area contributed by atoms with Gasteiger partial charge in [0.2, 0.25) is 0 Å². The van der Waals surface area contributed by atoms with Crippen LogP contribution in [0.3, 0.4) is 0 Å². The highest BCUT2D eigenvalue weighted by atomic mass is 32.2. The Morgan fingerprint density at radius 3 is 1.05 bits per heavy atom. The van der Waals surface area contributed by atoms with Crippen LogP contribution in [0.1, 0.15) is 140 Å². The van der Waals surface area contributed by atoms with Crippen LogP contribution in [-0.2, 0) is 55.5 Å². The Kier molecular flexibility index (Phi) is 17.0. The molecule has 0 bridgehead atoms. The number of hydrogen-bond donors (Lipinski definition) is 0. The molecule has 0 amide bonds. The normalized spacial score (nSPS) is 14.5. The monoisotopic (exact) mass is 1310 g/mol. The van der Waals surface area contributed by atoms with Gasteiger partial charge in [-0.2, -0.15) is 0 Å². The fraction of sp³-hybridized carbons (Fsp3) is 0.250. The Hall–Kier alpha value is -9.08. The zero-order valence-corrected chi connectivity index (χ0v) is 58.2. The SMILES string of the molecule is [2H]c1c(C)c(N(c2ccc(-c3ccc4c(c3)CS(=O)(=O)C4)cc2)c2ccc(-c3ccccc3)c(C)c2)c([2H])c(C)c1-c1c([2H])c(CCCCCC)c(-c2c([2H])c(C)c(N(c3ccc(-c4ccc5c(c4)CS(=O)(=O)C5)cc3)c3ccc(-c4ccccc4)c(C)c3)c([2H])c2C)c([2H])c1CCCCCC. The van der Waals surface area contributed by atoms with Crippen molar-refractivity contribution in [2.45, 2.75) is 143 Å². The zero-order valence-electron chi connectivity index (χ0n) is 62.6. The molecule has 96 heavy (non-hydrogen) atoms. The number of fused-ring (bicyclic) bond motifs is 2. The third-order valence-corrected chi connectivity index (χ3v) is 22.3. The highest BCUT2D eigenvalue weighted by Gasteiger charge is 2.28. The Labute approximate surface area is 579 Å². The summed E-state index contributed by atoms with van der Waals surface area (Å²) in [4.78, 5) is 4.12. The van der Waals surface area contributed by atoms with Crippen LogP contribution < -0.4 is 9.80 Å². The topological polar surface area (TPSA) is 74.8 Å². The number of rotatable bonds is 22. The fourth-order valence-corrected chi connectivity index (χ4v) is 17.4. The lowest BCUT2D eigenvalue weighted by molar-refractivity contribution is 0.596. The minimum atomic E-state index is -3.20. The second kappa shape index (κ2) is 27.9. The highest BCUT2D eigenvalue weighted by molar-refractivity contribution is 7.90. The summed E-state index contributed by atoms with van der Waals surface area (Å²) >= 11 is 0. The lowest BCUT2D eigenvalue weighted by Gasteiger charge is -2.30. The third-order valence-electron chi connectivity index (χ3n) is 19.3. The maximum atomic E-state index is 12.7. The van der Waals surface area contributed by atoms with Gasteiger partial charge in [-0.25, -0.2) is 16.8 Å². The van der Waals surface area contributed by atoms with Gasteiger partial charge < -0.3 is 9.80 Å². The molecule has 0 fully saturated rings. The molecule has 0 radical (unpaired) electrons. The molecule has 0 aromatic heterocycles. The Morgan fingerprint density at radius 1 is 0.312 bits per heavy atom. The van der Waals surface area contributed by atoms with Crippen LogP contribution in [0.15, 0.2) is 218 Å². The molecule has 11 aromatic rings. The standard InChI is InChI=1S/C88H88N2O4S2/c1-9-11-13-17-27-71-53-86(84-48-64(8)88(50-62(84)6)90(80-42-44-82(60(4)46-80)68-25-21-16-22-26-68)78-39-35-66(36-40-78)70-30-32-74-56-96(93,94)58-76(74)52-70)72(28-18-14-12-10-2)54-85(71)83-47-63(7)87(49-61(83)5)89(79-41-43-81(59(3)45-79)67-23-19-15-20-24-67)77-37-33-65(34-38-77)69-29-31-73-55-95(91,92)57-75(73)51-69/h15-16,19-26,29-54H,9-14,17-18,27-28,55-58H2,1-8H3/i47D,48D,49D,50D,53D,54D. The molecule has 8 heteroatoms. The van der Waals surface area contributed by atoms with Crippen LogP contribution in [0.2, 0.25) is 0 Å². The van der Waals surface area contributed by atoms with E-state index in [9.17, 15) is 25.1 Å². The molecule has 0 unspecified atom stereocenters. The number of anilines is 6. The first-order valence-electron chi connectivity index (χ1n) is 37.1. The van der Waals surface area contributed by atoms with Crippen LogP contribution in [0.5, 0.6) is 0 Å². The Balaban J connectivity index is 0.977. The molecule has 486 valence electrons. The van der Waals surface area contributed by atoms with Gasteiger partial charge in [0.25, 0.3) is 0 Å². The van der Waals surface area contributed by atoms with Gasteiger partial charge in [0.1, 0.15) is 0 Å². The number of aryl methyl sites for hydroxylation is 2. The molecule has 0 atom stereocenters. The number of sulfone groups is 2. The van der Waals surface area contributed by atoms with Gasteiger partial charge >= 0.3 is 0 Å². The minimum absolute atomic E-state index is 0.0152. The predicted octanol–water partition coefficient (Wildman–Crippen LogP) is 23.6. The van der Waals surface area contributed by atoms with Crippen LogP contribution in [0.25, 0.3) is 66.8 Å². The molecule has 2 aliphatic heterocycles. The molecular weight excluding hydrogens is 1210 g/mol. The van der Waals surface area contributed by atoms with Gasteiger partial charge in [0, 0.05) is 34.1 Å². The molecule has 0 spiro atoms. The summed E-state index contributed by atoms with van der Waals surface area (Å²) in [5.74, 6) is 0.117. The van der Waals surface area contributed by atoms with E-state index in [0.717, 1.165) is 139 Å². The summed E-state index contributed by atoms with van der Waals surface area (Å²) < 4.78 is 114. The van der Waals surface area contributed by atoms with Crippen LogP contribution in [-0.4, -0.2) is 16.8 Å². The molecule has 0 saturated carbocycles. The lowest BCUT2D eigenvalue weighted by atomic mass is 9.84. The second-order valence-corrected chi connectivity index (χ2v) is 30.7. The van der Waals surface area contributed by atoms with Crippen molar-refractivity contribution in [1.82, 2.24) is 0 Å². The van der Waals surface area contributed by atoms with E-state index < -0.39 is 19.7 Å². The van der Waals surface area contributed by atoms with Crippen LogP contribution in [0, 0.1) is 41.5 Å². The van der Waals surface area contributed by atoms with Crippen molar-refractivity contribution in [3.05, 3.63) is 285 Å². The number of hydrogen-bond acceptors (Lipinski definition) is 6. The maximum absolute atomic E-state index is 12.7. The lowest BCUT2D eigenvalue weighted by Crippen LogP contribution is -2.12. The Bertz CT molecular complexity index is 4920. The summed E-state index contributed by atoms with van der Waals surface area (Å²) in [6, 6.07) is 62.0. The van der Waals surface area contributed by atoms with Crippen molar-refractivity contribution < 1.29 is 25.1 Å². The summed E-state index contributed by atoms with van der Waals surface area (Å²) in [6.07, 6.45) is 7.94. The maximum Gasteiger partial charge on any atom is 0.158 e. The van der Waals surface area contributed by atoms with E-state index in [1.807, 2.05) is 149 Å². The van der Waals surface area contributed by atoms with Gasteiger partial charge in [-0.3, -0.25) is 0 Å². The van der Waals surface area contributed by atoms with Crippen molar-refractivity contribution in [3.8, 4) is 66.8 Å². The number of unbranched alkanes of at least 4 members (excludes halogenated alkanes) is 6. The smallest absolute Gasteiger partial charge is 0.158 e. The first kappa shape index (κ1) is 58.3. The number of nitrogens with zero attached hydrogens (tertiary/aromatic N) is 2. The summed E-state index contributed by atoms with van der Waals surface area (Å²) in [7, 11) is -6.41. The van der Waals surface area contributed by atoms with Crippen LogP contribution in [0.4, 0.5) is 34.1 Å². The van der Waals surface area contributed by atoms with E-state index in [0.29, 0.717) is 92.7 Å². The Morgan fingerprint density at radius 2 is 0.677 bits per heavy atom. The molecule has 0 saturated heterocycles. The first-order valence-corrected chi connectivity index (χ1v) is 37.8. The molecule has 6 nitrogen and oxygen atoms in total. The number of benzene rings is 11. The molecule has 2 aliphatic rings. The summed E-state index contributed by atoms with van der Waals surface area (Å²) in [5, 5.41) is 0. The van der Waals surface area contributed by atoms with Gasteiger partial charge in [-0.15, -0.1) is 0 Å². The highest BCUT2D eigenvalue weighted by Crippen LogP contribution is 2.47. The third kappa shape index (κ3) is 14.0. The average molecular weight is 1310 g/mol. The van der Waals surface area contributed by atoms with E-state index in [4.69, 9.17) is 0 Å². The quantitative estimate of drug-likeness (QED) is 0.0630. The largest absolute Gasteiger partial charge is 0.310 e. The first-order chi connectivity index (χ1) is 49.0. The predicted molar refractivity (Wildman–Crippen MR) is 405 cm³/mol. The van der Waals surface area contributed by atoms with Crippen molar-refractivity contribution in [2.24, 2.45) is 0 Å². The molecule has 11 aromatic carbocycles. The second-order valence-electron chi connectivity index (χ2n) is 26.6. The van der Waals surface area contributed by atoms with E-state index in [2.05, 4.69) is 98.2 Å². The van der Waals surface area contributed by atoms with Crippen molar-refractivity contribution in [3.63, 3.8) is 0 Å². The average Bonchev–Trinajstić information content (AvgIpc) is 0.821. The van der Waals surface area contributed by atoms with Gasteiger partial charge in [0.05, 0.1) is 31.2 Å². The molecular formula is C88H88N2O4S2. The molecule has 13 rings (SSSR count). The minimum Gasteiger partial charge on any atom is -0.310 e. The van der Waals surface area contributed by atoms with E-state index in [1.165, 1.54) is 0 Å². The van der Waals surface area contributed by atoms with Crippen molar-refractivity contribution >= 4 is 53.8 Å². The van der Waals surface area contributed by atoms with Gasteiger partial charge in [0.15, 0.2) is 19.7 Å². The summed E-state index contributed by atoms with van der Waals surface area (Å²) in [5.41, 5.74) is 22.5. The van der Waals surface area contributed by atoms with E-state index >= 15 is 0 Å². The van der Waals surface area contributed by atoms with Crippen molar-refractivity contribution in [2.75, 3.05) is 9.80 Å². The van der Waals surface area contributed by atoms with E-state index in [-0.39, 0.29) is 59.3 Å². The molecule has 2 heterocycles. The molecule has 0 N–H and O–H groups in total. The van der Waals surface area contributed by atoms with Crippen molar-refractivity contribution in [1.29, 1.82) is 0 Å². The van der Waals surface area contributed by atoms with Crippen LogP contribution >= 0.6 is 0 Å². The van der Waals surface area contributed by atoms with Gasteiger partial charge in [-0.1, -0.05) is 186 Å². The van der Waals surface area contributed by atoms with Gasteiger partial charge in [-0.05, 0) is 286 Å². The molecule has 0 aliphatic carbocycles. The zero-order chi connectivity index (χ0) is 72.1.